The Bertz CT molecular complexity index is 593. The average Bonchev–Trinajstić information content (AvgIpc) is 2.36. The zero-order valence-electron chi connectivity index (χ0n) is 12.5. The minimum Gasteiger partial charge on any atom is -0.297 e. The summed E-state index contributed by atoms with van der Waals surface area (Å²) in [5, 5.41) is 12.5. The van der Waals surface area contributed by atoms with Crippen LogP contribution in [0, 0.1) is 10.1 Å². The van der Waals surface area contributed by atoms with Crippen molar-refractivity contribution in [2.45, 2.75) is 39.8 Å². The maximum atomic E-state index is 10.6. The summed E-state index contributed by atoms with van der Waals surface area (Å²) in [7, 11) is 0. The lowest BCUT2D eigenvalue weighted by Gasteiger charge is -2.38. The highest BCUT2D eigenvalue weighted by molar-refractivity contribution is 8.29. The van der Waals surface area contributed by atoms with E-state index in [1.54, 1.807) is 12.1 Å². The number of nitro benzene ring substituents is 1. The molecule has 0 atom stereocenters. The molecule has 0 radical (unpaired) electrons. The van der Waals surface area contributed by atoms with Gasteiger partial charge in [0.2, 0.25) is 0 Å². The zero-order chi connectivity index (χ0) is 15.6. The molecule has 0 bridgehead atoms. The number of nitrogens with zero attached hydrogens (tertiary/aromatic N) is 4. The number of hydrogen-bond acceptors (Lipinski definition) is 5. The smallest absolute Gasteiger partial charge is 0.269 e. The summed E-state index contributed by atoms with van der Waals surface area (Å²) in [6.07, 6.45) is 0. The normalized spacial score (nSPS) is 18.7. The van der Waals surface area contributed by atoms with E-state index < -0.39 is 4.92 Å². The van der Waals surface area contributed by atoms with Crippen LogP contribution in [0.3, 0.4) is 0 Å². The van der Waals surface area contributed by atoms with Gasteiger partial charge in [-0.2, -0.15) is 0 Å². The standard InChI is InChI=1S/C14H18N4O2S/c1-9(2)15-13-17(10(3)4)14(21-13)16-11-5-7-12(8-6-11)18(19)20/h5-10H,1-4H3. The monoisotopic (exact) mass is 306 g/mol. The minimum atomic E-state index is -0.414. The van der Waals surface area contributed by atoms with Gasteiger partial charge in [0.15, 0.2) is 10.3 Å². The van der Waals surface area contributed by atoms with Gasteiger partial charge in [-0.1, -0.05) is 0 Å². The molecule has 1 aliphatic heterocycles. The Morgan fingerprint density at radius 1 is 1.14 bits per heavy atom. The second kappa shape index (κ2) is 6.26. The molecule has 7 heteroatoms. The van der Waals surface area contributed by atoms with E-state index in [2.05, 4.69) is 28.7 Å². The van der Waals surface area contributed by atoms with Gasteiger partial charge < -0.3 is 0 Å². The fourth-order valence-electron chi connectivity index (χ4n) is 1.81. The molecular formula is C14H18N4O2S. The van der Waals surface area contributed by atoms with Gasteiger partial charge in [-0.3, -0.25) is 20.0 Å². The van der Waals surface area contributed by atoms with Crippen molar-refractivity contribution >= 4 is 33.5 Å². The SMILES string of the molecule is CC(C)N=C1SC(=Nc2ccc([N+](=O)[O-])cc2)N1C(C)C. The average molecular weight is 306 g/mol. The number of aliphatic imine (C=N–C) groups is 2. The molecule has 0 aromatic heterocycles. The maximum Gasteiger partial charge on any atom is 0.269 e. The molecule has 1 aromatic carbocycles. The molecule has 21 heavy (non-hydrogen) atoms. The Hall–Kier alpha value is -1.89. The number of nitro groups is 1. The fraction of sp³-hybridized carbons (Fsp3) is 0.429. The topological polar surface area (TPSA) is 71.1 Å². The highest BCUT2D eigenvalue weighted by Gasteiger charge is 2.33. The second-order valence-corrected chi connectivity index (χ2v) is 6.17. The summed E-state index contributed by atoms with van der Waals surface area (Å²) < 4.78 is 0. The van der Waals surface area contributed by atoms with E-state index in [4.69, 9.17) is 0 Å². The maximum absolute atomic E-state index is 10.6. The molecule has 0 N–H and O–H groups in total. The third-order valence-corrected chi connectivity index (χ3v) is 3.72. The van der Waals surface area contributed by atoms with Crippen molar-refractivity contribution in [1.82, 2.24) is 4.90 Å². The van der Waals surface area contributed by atoms with Crippen LogP contribution >= 0.6 is 11.8 Å². The van der Waals surface area contributed by atoms with Gasteiger partial charge in [-0.05, 0) is 51.6 Å². The number of rotatable bonds is 4. The van der Waals surface area contributed by atoms with Gasteiger partial charge in [0.25, 0.3) is 5.69 Å². The van der Waals surface area contributed by atoms with Crippen LogP contribution in [0.25, 0.3) is 0 Å². The molecule has 1 aromatic rings. The van der Waals surface area contributed by atoms with Crippen molar-refractivity contribution < 1.29 is 4.92 Å². The van der Waals surface area contributed by atoms with Crippen LogP contribution in [-0.4, -0.2) is 32.2 Å². The summed E-state index contributed by atoms with van der Waals surface area (Å²) in [6, 6.07) is 6.76. The lowest BCUT2D eigenvalue weighted by atomic mass is 10.3. The van der Waals surface area contributed by atoms with Crippen molar-refractivity contribution in [3.05, 3.63) is 34.4 Å². The van der Waals surface area contributed by atoms with Crippen molar-refractivity contribution in [2.75, 3.05) is 0 Å². The number of amidine groups is 2. The Morgan fingerprint density at radius 2 is 1.76 bits per heavy atom. The van der Waals surface area contributed by atoms with Crippen LogP contribution in [0.5, 0.6) is 0 Å². The first kappa shape index (κ1) is 15.5. The van der Waals surface area contributed by atoms with E-state index in [9.17, 15) is 10.1 Å². The molecule has 0 saturated carbocycles. The molecule has 6 nitrogen and oxygen atoms in total. The van der Waals surface area contributed by atoms with E-state index in [0.717, 1.165) is 10.3 Å². The highest BCUT2D eigenvalue weighted by Crippen LogP contribution is 2.32. The van der Waals surface area contributed by atoms with Crippen LogP contribution in [0.1, 0.15) is 27.7 Å². The predicted octanol–water partition coefficient (Wildman–Crippen LogP) is 3.80. The van der Waals surface area contributed by atoms with Crippen LogP contribution in [0.2, 0.25) is 0 Å². The minimum absolute atomic E-state index is 0.0722. The molecule has 0 aliphatic carbocycles. The molecule has 0 unspecified atom stereocenters. The quantitative estimate of drug-likeness (QED) is 0.626. The number of hydrogen-bond donors (Lipinski definition) is 0. The van der Waals surface area contributed by atoms with Gasteiger partial charge >= 0.3 is 0 Å². The van der Waals surface area contributed by atoms with Crippen molar-refractivity contribution in [1.29, 1.82) is 0 Å². The van der Waals surface area contributed by atoms with Gasteiger partial charge in [0.05, 0.1) is 10.6 Å². The first-order chi connectivity index (χ1) is 9.88. The van der Waals surface area contributed by atoms with Crippen LogP contribution in [0.15, 0.2) is 34.3 Å². The molecule has 2 rings (SSSR count). The number of thioether (sulfide) groups is 1. The van der Waals surface area contributed by atoms with E-state index in [1.807, 2.05) is 13.8 Å². The number of benzene rings is 1. The predicted molar refractivity (Wildman–Crippen MR) is 87.3 cm³/mol. The summed E-state index contributed by atoms with van der Waals surface area (Å²) in [6.45, 7) is 8.25. The van der Waals surface area contributed by atoms with E-state index in [1.165, 1.54) is 23.9 Å². The Balaban J connectivity index is 2.19. The first-order valence-electron chi connectivity index (χ1n) is 6.76. The molecule has 0 amide bonds. The summed E-state index contributed by atoms with van der Waals surface area (Å²) in [4.78, 5) is 21.4. The first-order valence-corrected chi connectivity index (χ1v) is 7.58. The molecular weight excluding hydrogens is 288 g/mol. The molecule has 112 valence electrons. The zero-order valence-corrected chi connectivity index (χ0v) is 13.3. The highest BCUT2D eigenvalue weighted by atomic mass is 32.2. The largest absolute Gasteiger partial charge is 0.297 e. The van der Waals surface area contributed by atoms with E-state index >= 15 is 0 Å². The summed E-state index contributed by atoms with van der Waals surface area (Å²) >= 11 is 1.54. The van der Waals surface area contributed by atoms with Gasteiger partial charge in [-0.25, -0.2) is 4.99 Å². The van der Waals surface area contributed by atoms with Crippen LogP contribution in [0.4, 0.5) is 11.4 Å². The van der Waals surface area contributed by atoms with Crippen molar-refractivity contribution in [3.8, 4) is 0 Å². The Kier molecular flexibility index (Phi) is 4.62. The van der Waals surface area contributed by atoms with Gasteiger partial charge in [-0.15, -0.1) is 0 Å². The van der Waals surface area contributed by atoms with Gasteiger partial charge in [0.1, 0.15) is 0 Å². The fourth-order valence-corrected chi connectivity index (χ4v) is 3.05. The molecule has 1 heterocycles. The Morgan fingerprint density at radius 3 is 2.24 bits per heavy atom. The molecule has 0 spiro atoms. The van der Waals surface area contributed by atoms with E-state index in [-0.39, 0.29) is 17.8 Å². The second-order valence-electron chi connectivity index (χ2n) is 5.24. The number of non-ortho nitro benzene ring substituents is 1. The van der Waals surface area contributed by atoms with Crippen molar-refractivity contribution in [3.63, 3.8) is 0 Å². The molecule has 1 saturated heterocycles. The van der Waals surface area contributed by atoms with Crippen molar-refractivity contribution in [2.24, 2.45) is 9.98 Å². The third-order valence-electron chi connectivity index (χ3n) is 2.77. The molecule has 1 fully saturated rings. The third kappa shape index (κ3) is 3.60. The summed E-state index contributed by atoms with van der Waals surface area (Å²) in [5.41, 5.74) is 0.778. The lowest BCUT2D eigenvalue weighted by molar-refractivity contribution is -0.384. The van der Waals surface area contributed by atoms with E-state index in [0.29, 0.717) is 5.69 Å². The lowest BCUT2D eigenvalue weighted by Crippen LogP contribution is -2.48. The Labute approximate surface area is 128 Å². The van der Waals surface area contributed by atoms with Crippen LogP contribution in [-0.2, 0) is 0 Å². The van der Waals surface area contributed by atoms with Gasteiger partial charge in [0, 0.05) is 24.2 Å². The summed E-state index contributed by atoms with van der Waals surface area (Å²) in [5.74, 6) is 0. The van der Waals surface area contributed by atoms with Crippen LogP contribution < -0.4 is 0 Å². The molecule has 1 aliphatic rings.